The minimum absolute atomic E-state index is 0.0261. The zero-order chi connectivity index (χ0) is 22.8. The third kappa shape index (κ3) is 5.25. The molecule has 162 valence electrons. The monoisotopic (exact) mass is 427 g/mol. The second kappa shape index (κ2) is 8.55. The van der Waals surface area contributed by atoms with Gasteiger partial charge in [0.25, 0.3) is 11.8 Å². The van der Waals surface area contributed by atoms with Crippen LogP contribution in [0.15, 0.2) is 42.5 Å². The molecule has 0 atom stereocenters. The van der Waals surface area contributed by atoms with Crippen molar-refractivity contribution in [1.29, 1.82) is 0 Å². The van der Waals surface area contributed by atoms with E-state index in [4.69, 9.17) is 4.74 Å². The standard InChI is InChI=1S/C22H22FN3O5/c1-22(2,3)31-21(30)25-16-9-8-13(23)12-17(16)24-18(27)10-11-26-19(28)14-6-4-5-7-15(14)20(26)29/h4-9,12H,10-11H2,1-3H3,(H,24,27)(H,25,30). The Kier molecular flexibility index (Phi) is 6.05. The molecule has 0 aliphatic carbocycles. The van der Waals surface area contributed by atoms with Crippen molar-refractivity contribution in [2.75, 3.05) is 17.2 Å². The van der Waals surface area contributed by atoms with Gasteiger partial charge in [-0.25, -0.2) is 9.18 Å². The lowest BCUT2D eigenvalue weighted by Gasteiger charge is -2.20. The summed E-state index contributed by atoms with van der Waals surface area (Å²) in [5.41, 5.74) is 0.0200. The fourth-order valence-corrected chi connectivity index (χ4v) is 3.01. The smallest absolute Gasteiger partial charge is 0.412 e. The van der Waals surface area contributed by atoms with Crippen molar-refractivity contribution in [1.82, 2.24) is 4.90 Å². The molecule has 4 amide bonds. The van der Waals surface area contributed by atoms with Crippen LogP contribution in [0.25, 0.3) is 0 Å². The molecule has 9 heteroatoms. The van der Waals surface area contributed by atoms with Crippen molar-refractivity contribution in [3.05, 3.63) is 59.4 Å². The molecule has 1 aliphatic rings. The molecule has 0 saturated heterocycles. The average Bonchev–Trinajstić information content (AvgIpc) is 2.91. The number of nitrogens with zero attached hydrogens (tertiary/aromatic N) is 1. The van der Waals surface area contributed by atoms with Gasteiger partial charge >= 0.3 is 6.09 Å². The fraction of sp³-hybridized carbons (Fsp3) is 0.273. The molecule has 0 radical (unpaired) electrons. The first-order chi connectivity index (χ1) is 14.5. The first kappa shape index (κ1) is 21.9. The summed E-state index contributed by atoms with van der Waals surface area (Å²) in [7, 11) is 0. The quantitative estimate of drug-likeness (QED) is 0.707. The molecule has 0 fully saturated rings. The van der Waals surface area contributed by atoms with Crippen molar-refractivity contribution in [3.63, 3.8) is 0 Å². The van der Waals surface area contributed by atoms with Gasteiger partial charge in [-0.15, -0.1) is 0 Å². The number of amides is 4. The largest absolute Gasteiger partial charge is 0.444 e. The zero-order valence-corrected chi connectivity index (χ0v) is 17.3. The van der Waals surface area contributed by atoms with E-state index in [-0.39, 0.29) is 24.3 Å². The number of fused-ring (bicyclic) bond motifs is 1. The molecule has 1 aliphatic heterocycles. The van der Waals surface area contributed by atoms with E-state index in [9.17, 15) is 23.6 Å². The van der Waals surface area contributed by atoms with Crippen LogP contribution in [-0.2, 0) is 9.53 Å². The summed E-state index contributed by atoms with van der Waals surface area (Å²) in [5, 5.41) is 4.96. The van der Waals surface area contributed by atoms with Crippen molar-refractivity contribution in [2.45, 2.75) is 32.8 Å². The van der Waals surface area contributed by atoms with Crippen LogP contribution in [0.5, 0.6) is 0 Å². The lowest BCUT2D eigenvalue weighted by molar-refractivity contribution is -0.116. The lowest BCUT2D eigenvalue weighted by Crippen LogP contribution is -2.33. The van der Waals surface area contributed by atoms with Gasteiger partial charge in [-0.05, 0) is 51.1 Å². The number of hydrogen-bond acceptors (Lipinski definition) is 5. The predicted molar refractivity (Wildman–Crippen MR) is 111 cm³/mol. The molecule has 0 spiro atoms. The number of nitrogens with one attached hydrogen (secondary N) is 2. The van der Waals surface area contributed by atoms with Gasteiger partial charge in [-0.1, -0.05) is 12.1 Å². The van der Waals surface area contributed by atoms with E-state index < -0.39 is 35.2 Å². The summed E-state index contributed by atoms with van der Waals surface area (Å²) in [6, 6.07) is 9.88. The maximum atomic E-state index is 13.7. The van der Waals surface area contributed by atoms with E-state index in [1.165, 1.54) is 6.07 Å². The van der Waals surface area contributed by atoms with Crippen LogP contribution < -0.4 is 10.6 Å². The van der Waals surface area contributed by atoms with E-state index in [0.717, 1.165) is 17.0 Å². The van der Waals surface area contributed by atoms with Crippen LogP contribution in [0, 0.1) is 5.82 Å². The molecule has 2 N–H and O–H groups in total. The summed E-state index contributed by atoms with van der Waals surface area (Å²) in [6.45, 7) is 4.94. The van der Waals surface area contributed by atoms with Crippen LogP contribution in [0.2, 0.25) is 0 Å². The molecular formula is C22H22FN3O5. The van der Waals surface area contributed by atoms with Gasteiger partial charge in [0.2, 0.25) is 5.91 Å². The molecule has 1 heterocycles. The molecule has 8 nitrogen and oxygen atoms in total. The SMILES string of the molecule is CC(C)(C)OC(=O)Nc1ccc(F)cc1NC(=O)CCN1C(=O)c2ccccc2C1=O. The number of halogens is 1. The summed E-state index contributed by atoms with van der Waals surface area (Å²) < 4.78 is 18.9. The molecule has 0 saturated carbocycles. The highest BCUT2D eigenvalue weighted by Gasteiger charge is 2.35. The summed E-state index contributed by atoms with van der Waals surface area (Å²) in [5.74, 6) is -2.11. The maximum Gasteiger partial charge on any atom is 0.412 e. The van der Waals surface area contributed by atoms with Crippen LogP contribution >= 0.6 is 0 Å². The lowest BCUT2D eigenvalue weighted by atomic mass is 10.1. The molecule has 0 bridgehead atoms. The highest BCUT2D eigenvalue weighted by Crippen LogP contribution is 2.25. The van der Waals surface area contributed by atoms with Crippen LogP contribution in [0.1, 0.15) is 47.9 Å². The first-order valence-electron chi connectivity index (χ1n) is 9.60. The Balaban J connectivity index is 1.64. The van der Waals surface area contributed by atoms with Crippen LogP contribution in [0.3, 0.4) is 0 Å². The van der Waals surface area contributed by atoms with Gasteiger partial charge < -0.3 is 10.1 Å². The highest BCUT2D eigenvalue weighted by atomic mass is 19.1. The number of benzene rings is 2. The van der Waals surface area contributed by atoms with Gasteiger partial charge in [0.1, 0.15) is 11.4 Å². The third-order valence-electron chi connectivity index (χ3n) is 4.33. The number of carbonyl (C=O) groups is 4. The molecular weight excluding hydrogens is 405 g/mol. The summed E-state index contributed by atoms with van der Waals surface area (Å²) >= 11 is 0. The molecule has 31 heavy (non-hydrogen) atoms. The Morgan fingerprint density at radius 2 is 1.58 bits per heavy atom. The topological polar surface area (TPSA) is 105 Å². The zero-order valence-electron chi connectivity index (χ0n) is 17.3. The Bertz CT molecular complexity index is 1030. The fourth-order valence-electron chi connectivity index (χ4n) is 3.01. The van der Waals surface area contributed by atoms with E-state index in [1.54, 1.807) is 45.0 Å². The van der Waals surface area contributed by atoms with Crippen molar-refractivity contribution in [2.24, 2.45) is 0 Å². The summed E-state index contributed by atoms with van der Waals surface area (Å²) in [4.78, 5) is 50.2. The third-order valence-corrected chi connectivity index (χ3v) is 4.33. The van der Waals surface area contributed by atoms with E-state index >= 15 is 0 Å². The van der Waals surface area contributed by atoms with Gasteiger partial charge in [0.15, 0.2) is 0 Å². The van der Waals surface area contributed by atoms with Crippen molar-refractivity contribution in [3.8, 4) is 0 Å². The minimum atomic E-state index is -0.763. The maximum absolute atomic E-state index is 13.7. The second-order valence-electron chi connectivity index (χ2n) is 7.92. The van der Waals surface area contributed by atoms with E-state index in [0.29, 0.717) is 11.1 Å². The van der Waals surface area contributed by atoms with Crippen molar-refractivity contribution < 1.29 is 28.3 Å². The Labute approximate surface area is 178 Å². The number of rotatable bonds is 5. The average molecular weight is 427 g/mol. The Morgan fingerprint density at radius 3 is 2.16 bits per heavy atom. The minimum Gasteiger partial charge on any atom is -0.444 e. The van der Waals surface area contributed by atoms with Gasteiger partial charge in [-0.2, -0.15) is 0 Å². The molecule has 2 aromatic carbocycles. The van der Waals surface area contributed by atoms with E-state index in [1.807, 2.05) is 0 Å². The Hall–Kier alpha value is -3.75. The first-order valence-corrected chi connectivity index (χ1v) is 9.60. The van der Waals surface area contributed by atoms with Gasteiger partial charge in [0, 0.05) is 13.0 Å². The van der Waals surface area contributed by atoms with Crippen LogP contribution in [-0.4, -0.2) is 40.9 Å². The molecule has 2 aromatic rings. The number of ether oxygens (including phenoxy) is 1. The van der Waals surface area contributed by atoms with Gasteiger partial charge in [-0.3, -0.25) is 24.6 Å². The second-order valence-corrected chi connectivity index (χ2v) is 7.92. The molecule has 3 rings (SSSR count). The van der Waals surface area contributed by atoms with Crippen LogP contribution in [0.4, 0.5) is 20.6 Å². The number of carbonyl (C=O) groups excluding carboxylic acids is 4. The summed E-state index contributed by atoms with van der Waals surface area (Å²) in [6.07, 6.45) is -0.964. The normalized spacial score (nSPS) is 13.1. The molecule has 0 unspecified atom stereocenters. The number of imide groups is 1. The van der Waals surface area contributed by atoms with Gasteiger partial charge in [0.05, 0.1) is 22.5 Å². The highest BCUT2D eigenvalue weighted by molar-refractivity contribution is 6.21. The Morgan fingerprint density at radius 1 is 0.968 bits per heavy atom. The van der Waals surface area contributed by atoms with Crippen molar-refractivity contribution >= 4 is 35.2 Å². The van der Waals surface area contributed by atoms with E-state index in [2.05, 4.69) is 10.6 Å². The number of anilines is 2. The predicted octanol–water partition coefficient (Wildman–Crippen LogP) is 3.80. The number of hydrogen-bond donors (Lipinski definition) is 2. The molecule has 0 aromatic heterocycles.